The molecule has 3 N–H and O–H groups in total. The molecule has 1 aliphatic carbocycles. The number of benzene rings is 1. The van der Waals surface area contributed by atoms with Crippen molar-refractivity contribution in [1.82, 2.24) is 14.3 Å². The average molecular weight is 535 g/mol. The van der Waals surface area contributed by atoms with Crippen molar-refractivity contribution in [2.75, 3.05) is 13.2 Å². The Labute approximate surface area is 221 Å². The zero-order valence-corrected chi connectivity index (χ0v) is 24.8. The molecule has 1 aromatic heterocycles. The van der Waals surface area contributed by atoms with Crippen LogP contribution in [0.25, 0.3) is 11.0 Å². The van der Waals surface area contributed by atoms with Crippen LogP contribution in [-0.4, -0.2) is 46.2 Å². The predicted molar refractivity (Wildman–Crippen MR) is 151 cm³/mol. The van der Waals surface area contributed by atoms with Crippen LogP contribution in [0.4, 0.5) is 0 Å². The van der Waals surface area contributed by atoms with Crippen LogP contribution in [-0.2, 0) is 27.6 Å². The van der Waals surface area contributed by atoms with Gasteiger partial charge in [-0.05, 0) is 82.5 Å². The van der Waals surface area contributed by atoms with Crippen LogP contribution in [0.15, 0.2) is 18.2 Å². The first-order chi connectivity index (χ1) is 16.9. The fourth-order valence-electron chi connectivity index (χ4n) is 4.62. The normalized spacial score (nSPS) is 22.1. The lowest BCUT2D eigenvalue weighted by atomic mass is 10.0. The van der Waals surface area contributed by atoms with E-state index >= 15 is 0 Å². The van der Waals surface area contributed by atoms with Crippen molar-refractivity contribution in [3.63, 3.8) is 0 Å². The number of nitrogens with two attached hydrogens (primary N) is 1. The van der Waals surface area contributed by atoms with Crippen molar-refractivity contribution in [3.05, 3.63) is 29.6 Å². The van der Waals surface area contributed by atoms with Crippen molar-refractivity contribution in [1.29, 1.82) is 0 Å². The molecule has 2 unspecified atom stereocenters. The van der Waals surface area contributed by atoms with E-state index in [1.807, 2.05) is 20.8 Å². The van der Waals surface area contributed by atoms with E-state index in [2.05, 4.69) is 47.1 Å². The molecular formula is C27H46N4O3SSi. The number of nitrogens with zero attached hydrogens (tertiary/aromatic N) is 2. The van der Waals surface area contributed by atoms with Crippen molar-refractivity contribution < 1.29 is 14.0 Å². The van der Waals surface area contributed by atoms with Gasteiger partial charge in [0, 0.05) is 38.7 Å². The molecule has 1 aliphatic heterocycles. The first kappa shape index (κ1) is 28.1. The van der Waals surface area contributed by atoms with E-state index in [-0.39, 0.29) is 18.2 Å². The number of aromatic nitrogens is 2. The molecule has 0 amide bonds. The van der Waals surface area contributed by atoms with Crippen LogP contribution >= 0.6 is 0 Å². The van der Waals surface area contributed by atoms with Crippen molar-refractivity contribution in [3.8, 4) is 0 Å². The van der Waals surface area contributed by atoms with Crippen LogP contribution in [0.1, 0.15) is 76.3 Å². The third-order valence-corrected chi connectivity index (χ3v) is 10.5. The van der Waals surface area contributed by atoms with Gasteiger partial charge in [0.2, 0.25) is 0 Å². The van der Waals surface area contributed by atoms with E-state index in [0.29, 0.717) is 12.6 Å². The lowest BCUT2D eigenvalue weighted by molar-refractivity contribution is -0.00763. The molecule has 7 nitrogen and oxygen atoms in total. The van der Waals surface area contributed by atoms with Gasteiger partial charge in [-0.25, -0.2) is 4.98 Å². The summed E-state index contributed by atoms with van der Waals surface area (Å²) >= 11 is -1.27. The van der Waals surface area contributed by atoms with Gasteiger partial charge in [0.25, 0.3) is 0 Å². The minimum atomic E-state index is -1.27. The standard InChI is InChI=1S/C27H46N4O3SSi/c1-27(2,3)35(32)30-25(23-9-7-8-14-34-23)26-29-21-13-12-20(24(28)19-10-11-19)17-22(21)31(26)18-33-15-16-36(4,5)6/h12-13,17,19,23-25,30H,7-11,14-16,18,28H2,1-6H3/t23-,24+,25?,35?/m0/s1. The molecule has 1 saturated heterocycles. The SMILES string of the molecule is CC(C)(C)[S+]([O-])NC(c1nc2ccc([C@H](N)C3CC3)cc2n1COCC[Si](C)(C)C)[C@@H]1CCCCO1. The van der Waals surface area contributed by atoms with Gasteiger partial charge >= 0.3 is 0 Å². The molecule has 9 heteroatoms. The maximum atomic E-state index is 13.3. The zero-order chi connectivity index (χ0) is 26.1. The molecule has 0 spiro atoms. The van der Waals surface area contributed by atoms with Crippen LogP contribution in [0.3, 0.4) is 0 Å². The summed E-state index contributed by atoms with van der Waals surface area (Å²) in [5.74, 6) is 1.41. The molecule has 2 aromatic rings. The monoisotopic (exact) mass is 534 g/mol. The zero-order valence-electron chi connectivity index (χ0n) is 23.0. The van der Waals surface area contributed by atoms with Crippen LogP contribution in [0.5, 0.6) is 0 Å². The van der Waals surface area contributed by atoms with Crippen LogP contribution < -0.4 is 10.5 Å². The highest BCUT2D eigenvalue weighted by atomic mass is 32.2. The number of fused-ring (bicyclic) bond motifs is 1. The minimum Gasteiger partial charge on any atom is -0.598 e. The van der Waals surface area contributed by atoms with Gasteiger partial charge in [-0.1, -0.05) is 25.7 Å². The number of hydrogen-bond donors (Lipinski definition) is 2. The van der Waals surface area contributed by atoms with E-state index in [1.165, 1.54) is 12.8 Å². The highest BCUT2D eigenvalue weighted by Gasteiger charge is 2.38. The Balaban J connectivity index is 1.71. The van der Waals surface area contributed by atoms with Crippen LogP contribution in [0.2, 0.25) is 25.7 Å². The summed E-state index contributed by atoms with van der Waals surface area (Å²) in [6.07, 6.45) is 5.38. The Hall–Kier alpha value is -0.943. The number of nitrogens with one attached hydrogen (secondary N) is 1. The fourth-order valence-corrected chi connectivity index (χ4v) is 6.21. The smallest absolute Gasteiger partial charge is 0.136 e. The number of hydrogen-bond acceptors (Lipinski definition) is 6. The number of imidazole rings is 1. The third-order valence-electron chi connectivity index (χ3n) is 7.19. The van der Waals surface area contributed by atoms with Gasteiger partial charge in [-0.15, -0.1) is 4.72 Å². The summed E-state index contributed by atoms with van der Waals surface area (Å²) < 4.78 is 30.9. The molecule has 1 aromatic carbocycles. The van der Waals surface area contributed by atoms with E-state index in [4.69, 9.17) is 20.2 Å². The molecular weight excluding hydrogens is 488 g/mol. The maximum Gasteiger partial charge on any atom is 0.136 e. The fraction of sp³-hybridized carbons (Fsp3) is 0.741. The first-order valence-electron chi connectivity index (χ1n) is 13.6. The lowest BCUT2D eigenvalue weighted by Gasteiger charge is -2.33. The summed E-state index contributed by atoms with van der Waals surface area (Å²) in [6, 6.07) is 7.25. The number of rotatable bonds is 11. The highest BCUT2D eigenvalue weighted by molar-refractivity contribution is 7.90. The minimum absolute atomic E-state index is 0.0537. The Bertz CT molecular complexity index is 1010. The Kier molecular flexibility index (Phi) is 8.92. The van der Waals surface area contributed by atoms with Crippen molar-refractivity contribution >= 4 is 30.5 Å². The second-order valence-electron chi connectivity index (χ2n) is 12.7. The molecule has 0 bridgehead atoms. The van der Waals surface area contributed by atoms with Gasteiger partial charge in [-0.3, -0.25) is 0 Å². The highest BCUT2D eigenvalue weighted by Crippen LogP contribution is 2.40. The summed E-state index contributed by atoms with van der Waals surface area (Å²) in [4.78, 5) is 5.09. The van der Waals surface area contributed by atoms with Crippen molar-refractivity contribution in [2.45, 2.75) is 108 Å². The summed E-state index contributed by atoms with van der Waals surface area (Å²) in [7, 11) is -1.21. The third kappa shape index (κ3) is 7.12. The second-order valence-corrected chi connectivity index (χ2v) is 20.4. The van der Waals surface area contributed by atoms with Crippen molar-refractivity contribution in [2.24, 2.45) is 11.7 Å². The first-order valence-corrected chi connectivity index (χ1v) is 18.4. The Morgan fingerprint density at radius 1 is 1.25 bits per heavy atom. The maximum absolute atomic E-state index is 13.3. The van der Waals surface area contributed by atoms with Crippen LogP contribution in [0, 0.1) is 5.92 Å². The topological polar surface area (TPSA) is 97.4 Å². The van der Waals surface area contributed by atoms with Gasteiger partial charge in [0.05, 0.1) is 17.1 Å². The molecule has 36 heavy (non-hydrogen) atoms. The average Bonchev–Trinajstić information content (AvgIpc) is 3.60. The van der Waals surface area contributed by atoms with E-state index in [9.17, 15) is 4.55 Å². The molecule has 0 radical (unpaired) electrons. The van der Waals surface area contributed by atoms with E-state index < -0.39 is 24.2 Å². The molecule has 2 aliphatic rings. The van der Waals surface area contributed by atoms with E-state index in [0.717, 1.165) is 60.9 Å². The molecule has 4 rings (SSSR count). The second kappa shape index (κ2) is 11.4. The number of ether oxygens (including phenoxy) is 2. The molecule has 2 heterocycles. The van der Waals surface area contributed by atoms with Gasteiger partial charge in [0.15, 0.2) is 0 Å². The lowest BCUT2D eigenvalue weighted by Crippen LogP contribution is -2.46. The van der Waals surface area contributed by atoms with Gasteiger partial charge in [0.1, 0.15) is 23.3 Å². The molecule has 1 saturated carbocycles. The largest absolute Gasteiger partial charge is 0.598 e. The quantitative estimate of drug-likeness (QED) is 0.227. The Morgan fingerprint density at radius 3 is 2.61 bits per heavy atom. The van der Waals surface area contributed by atoms with E-state index in [1.54, 1.807) is 0 Å². The summed E-state index contributed by atoms with van der Waals surface area (Å²) in [5, 5.41) is 0. The molecule has 2 fully saturated rings. The molecule has 202 valence electrons. The van der Waals surface area contributed by atoms with Gasteiger partial charge < -0.3 is 24.3 Å². The molecule has 4 atom stereocenters. The summed E-state index contributed by atoms with van der Waals surface area (Å²) in [6.45, 7) is 14.9. The predicted octanol–water partition coefficient (Wildman–Crippen LogP) is 5.42. The van der Waals surface area contributed by atoms with Gasteiger partial charge in [-0.2, -0.15) is 0 Å². The Morgan fingerprint density at radius 2 is 2.00 bits per heavy atom. The summed E-state index contributed by atoms with van der Waals surface area (Å²) in [5.41, 5.74) is 9.66.